The fourth-order valence-corrected chi connectivity index (χ4v) is 3.29. The predicted molar refractivity (Wildman–Crippen MR) is 115 cm³/mol. The first-order chi connectivity index (χ1) is 14.7. The third kappa shape index (κ3) is 3.48. The Morgan fingerprint density at radius 1 is 1.10 bits per heavy atom. The highest BCUT2D eigenvalue weighted by molar-refractivity contribution is 5.99. The highest BCUT2D eigenvalue weighted by atomic mass is 16.5. The number of Topliss-reactive ketones (excluding diaryl/α,β-unsaturated/α-hetero) is 1. The highest BCUT2D eigenvalue weighted by Crippen LogP contribution is 2.32. The lowest BCUT2D eigenvalue weighted by Gasteiger charge is -2.20. The van der Waals surface area contributed by atoms with Crippen molar-refractivity contribution >= 4 is 45.5 Å². The lowest BCUT2D eigenvalue weighted by molar-refractivity contribution is 0.101. The van der Waals surface area contributed by atoms with Crippen LogP contribution in [0.25, 0.3) is 10.9 Å². The minimum Gasteiger partial charge on any atom is -0.490 e. The number of carbonyl (C=O) groups is 1. The molecule has 150 valence electrons. The van der Waals surface area contributed by atoms with E-state index in [1.54, 1.807) is 6.20 Å². The quantitative estimate of drug-likeness (QED) is 0.373. The maximum Gasteiger partial charge on any atom is 0.229 e. The van der Waals surface area contributed by atoms with Gasteiger partial charge in [-0.2, -0.15) is 10.1 Å². The number of hydrogen-bond donors (Lipinski definition) is 4. The molecule has 0 radical (unpaired) electrons. The number of H-pyrrole nitrogens is 1. The summed E-state index contributed by atoms with van der Waals surface area (Å²) in [5.41, 5.74) is 3.81. The zero-order chi connectivity index (χ0) is 20.5. The van der Waals surface area contributed by atoms with Gasteiger partial charge in [-0.15, -0.1) is 0 Å². The highest BCUT2D eigenvalue weighted by Gasteiger charge is 2.14. The van der Waals surface area contributed by atoms with Crippen LogP contribution in [0.3, 0.4) is 0 Å². The lowest BCUT2D eigenvalue weighted by Crippen LogP contribution is -2.18. The third-order valence-corrected chi connectivity index (χ3v) is 4.78. The van der Waals surface area contributed by atoms with Crippen LogP contribution in [-0.4, -0.2) is 39.1 Å². The fraction of sp³-hybridized carbons (Fsp3) is 0.143. The number of nitrogens with zero attached hydrogens (tertiary/aromatic N) is 3. The molecule has 0 amide bonds. The lowest BCUT2D eigenvalue weighted by atomic mass is 10.2. The molecule has 0 saturated heterocycles. The van der Waals surface area contributed by atoms with E-state index in [1.165, 1.54) is 13.1 Å². The minimum absolute atomic E-state index is 0.123. The number of rotatable bonds is 5. The number of hydrogen-bond acceptors (Lipinski definition) is 8. The van der Waals surface area contributed by atoms with Gasteiger partial charge in [-0.25, -0.2) is 4.98 Å². The van der Waals surface area contributed by atoms with E-state index in [-0.39, 0.29) is 5.78 Å². The topological polar surface area (TPSA) is 117 Å². The number of aromatic nitrogens is 4. The van der Waals surface area contributed by atoms with Crippen LogP contribution in [-0.2, 0) is 0 Å². The summed E-state index contributed by atoms with van der Waals surface area (Å²) in [6.07, 6.45) is 3.28. The van der Waals surface area contributed by atoms with Gasteiger partial charge in [-0.1, -0.05) is 0 Å². The number of carbonyl (C=O) groups excluding carboxylic acids is 1. The van der Waals surface area contributed by atoms with Crippen molar-refractivity contribution in [1.82, 2.24) is 20.2 Å². The van der Waals surface area contributed by atoms with Gasteiger partial charge in [0.1, 0.15) is 18.2 Å². The summed E-state index contributed by atoms with van der Waals surface area (Å²) in [6, 6.07) is 11.5. The second-order valence-corrected chi connectivity index (χ2v) is 6.92. The van der Waals surface area contributed by atoms with Gasteiger partial charge in [0.25, 0.3) is 0 Å². The largest absolute Gasteiger partial charge is 0.490 e. The Kier molecular flexibility index (Phi) is 4.40. The Hall–Kier alpha value is -4.14. The van der Waals surface area contributed by atoms with Crippen molar-refractivity contribution in [2.75, 3.05) is 29.1 Å². The average Bonchev–Trinajstić information content (AvgIpc) is 3.21. The monoisotopic (exact) mass is 401 g/mol. The summed E-state index contributed by atoms with van der Waals surface area (Å²) >= 11 is 0. The SMILES string of the molecule is CC(=O)c1cnc(Nc2ccc3cn[nH]c3c2)nc1Nc1ccc2c(c1)NCCO2. The van der Waals surface area contributed by atoms with Crippen LogP contribution in [0.2, 0.25) is 0 Å². The van der Waals surface area contributed by atoms with Crippen LogP contribution in [0, 0.1) is 0 Å². The van der Waals surface area contributed by atoms with E-state index in [1.807, 2.05) is 36.4 Å². The second kappa shape index (κ2) is 7.36. The normalized spacial score (nSPS) is 12.6. The number of fused-ring (bicyclic) bond motifs is 2. The standard InChI is InChI=1S/C21H19N7O2/c1-12(29)16-11-23-21(26-15-3-2-13-10-24-28-17(13)8-15)27-20(16)25-14-4-5-19-18(9-14)22-6-7-30-19/h2-5,8-11,22H,6-7H2,1H3,(H,24,28)(H2,23,25,26,27). The molecule has 0 fully saturated rings. The first kappa shape index (κ1) is 17.9. The van der Waals surface area contributed by atoms with Crippen molar-refractivity contribution in [3.8, 4) is 5.75 Å². The second-order valence-electron chi connectivity index (χ2n) is 6.92. The molecule has 2 aromatic carbocycles. The summed E-state index contributed by atoms with van der Waals surface area (Å²) in [5, 5.41) is 17.7. The number of benzene rings is 2. The Labute approximate surface area is 171 Å². The van der Waals surface area contributed by atoms with Crippen molar-refractivity contribution in [1.29, 1.82) is 0 Å². The van der Waals surface area contributed by atoms with Crippen molar-refractivity contribution in [3.05, 3.63) is 54.4 Å². The van der Waals surface area contributed by atoms with Crippen molar-refractivity contribution in [2.24, 2.45) is 0 Å². The van der Waals surface area contributed by atoms with Gasteiger partial charge in [-0.3, -0.25) is 9.89 Å². The van der Waals surface area contributed by atoms with Gasteiger partial charge in [0.15, 0.2) is 5.78 Å². The number of ketones is 1. The van der Waals surface area contributed by atoms with Crippen LogP contribution in [0.5, 0.6) is 5.75 Å². The predicted octanol–water partition coefficient (Wildman–Crippen LogP) is 3.85. The molecule has 0 unspecified atom stereocenters. The molecule has 4 N–H and O–H groups in total. The van der Waals surface area contributed by atoms with Gasteiger partial charge < -0.3 is 20.7 Å². The van der Waals surface area contributed by atoms with E-state index >= 15 is 0 Å². The molecule has 5 rings (SSSR count). The van der Waals surface area contributed by atoms with Crippen LogP contribution in [0.15, 0.2) is 48.8 Å². The number of nitrogens with one attached hydrogen (secondary N) is 4. The van der Waals surface area contributed by atoms with Gasteiger partial charge in [0.05, 0.1) is 23.0 Å². The van der Waals surface area contributed by atoms with Gasteiger partial charge >= 0.3 is 0 Å². The molecule has 3 heterocycles. The maximum atomic E-state index is 12.1. The Balaban J connectivity index is 1.45. The molecule has 2 aromatic heterocycles. The molecular weight excluding hydrogens is 382 g/mol. The Bertz CT molecular complexity index is 1250. The maximum absolute atomic E-state index is 12.1. The molecule has 1 aliphatic rings. The molecule has 4 aromatic rings. The van der Waals surface area contributed by atoms with Crippen molar-refractivity contribution < 1.29 is 9.53 Å². The van der Waals surface area contributed by atoms with Crippen LogP contribution in [0.4, 0.5) is 28.8 Å². The minimum atomic E-state index is -0.123. The van der Waals surface area contributed by atoms with Gasteiger partial charge in [-0.05, 0) is 43.3 Å². The summed E-state index contributed by atoms with van der Waals surface area (Å²) in [7, 11) is 0. The fourth-order valence-electron chi connectivity index (χ4n) is 3.29. The zero-order valence-electron chi connectivity index (χ0n) is 16.2. The molecule has 0 atom stereocenters. The number of anilines is 5. The molecule has 0 spiro atoms. The molecule has 0 saturated carbocycles. The zero-order valence-corrected chi connectivity index (χ0v) is 16.2. The summed E-state index contributed by atoms with van der Waals surface area (Å²) < 4.78 is 5.61. The first-order valence-corrected chi connectivity index (χ1v) is 9.51. The van der Waals surface area contributed by atoms with E-state index in [0.717, 1.165) is 40.3 Å². The van der Waals surface area contributed by atoms with Crippen LogP contribution in [0.1, 0.15) is 17.3 Å². The van der Waals surface area contributed by atoms with Gasteiger partial charge in [0.2, 0.25) is 5.95 Å². The molecule has 9 heteroatoms. The Morgan fingerprint density at radius 2 is 1.97 bits per heavy atom. The third-order valence-electron chi connectivity index (χ3n) is 4.78. The molecule has 30 heavy (non-hydrogen) atoms. The molecule has 9 nitrogen and oxygen atoms in total. The first-order valence-electron chi connectivity index (χ1n) is 9.51. The van der Waals surface area contributed by atoms with E-state index in [0.29, 0.717) is 23.9 Å². The number of ether oxygens (including phenoxy) is 1. The molecule has 0 aliphatic carbocycles. The summed E-state index contributed by atoms with van der Waals surface area (Å²) in [5.74, 6) is 1.49. The van der Waals surface area contributed by atoms with Crippen LogP contribution < -0.4 is 20.7 Å². The van der Waals surface area contributed by atoms with E-state index in [2.05, 4.69) is 36.1 Å². The van der Waals surface area contributed by atoms with Crippen molar-refractivity contribution in [2.45, 2.75) is 6.92 Å². The van der Waals surface area contributed by atoms with Crippen molar-refractivity contribution in [3.63, 3.8) is 0 Å². The molecular formula is C21H19N7O2. The van der Waals surface area contributed by atoms with Gasteiger partial charge in [0, 0.05) is 29.5 Å². The smallest absolute Gasteiger partial charge is 0.229 e. The van der Waals surface area contributed by atoms with E-state index < -0.39 is 0 Å². The summed E-state index contributed by atoms with van der Waals surface area (Å²) in [6.45, 7) is 2.88. The van der Waals surface area contributed by atoms with E-state index in [9.17, 15) is 4.79 Å². The Morgan fingerprint density at radius 3 is 2.87 bits per heavy atom. The average molecular weight is 401 g/mol. The molecule has 0 bridgehead atoms. The molecule has 1 aliphatic heterocycles. The summed E-state index contributed by atoms with van der Waals surface area (Å²) in [4.78, 5) is 20.9. The number of aromatic amines is 1. The van der Waals surface area contributed by atoms with E-state index in [4.69, 9.17) is 4.74 Å². The van der Waals surface area contributed by atoms with Crippen LogP contribution >= 0.6 is 0 Å².